The summed E-state index contributed by atoms with van der Waals surface area (Å²) in [5.41, 5.74) is 1.99. The largest absolute Gasteiger partial charge is 0.467 e. The number of rotatable bonds is 13. The zero-order chi connectivity index (χ0) is 24.3. The van der Waals surface area contributed by atoms with Crippen molar-refractivity contribution in [2.45, 2.75) is 43.0 Å². The highest BCUT2D eigenvalue weighted by molar-refractivity contribution is 7.97. The molecule has 34 heavy (non-hydrogen) atoms. The maximum absolute atomic E-state index is 12.4. The number of nitrogens with one attached hydrogen (secondary N) is 3. The van der Waals surface area contributed by atoms with Crippen LogP contribution < -0.4 is 10.0 Å². The van der Waals surface area contributed by atoms with E-state index in [0.717, 1.165) is 29.3 Å². The zero-order valence-electron chi connectivity index (χ0n) is 18.9. The Labute approximate surface area is 201 Å². The van der Waals surface area contributed by atoms with Gasteiger partial charge in [0.15, 0.2) is 0 Å². The smallest absolute Gasteiger partial charge is 0.328 e. The number of carbonyl (C=O) groups excluding carboxylic acids is 2. The summed E-state index contributed by atoms with van der Waals surface area (Å²) in [5.74, 6) is -0.674. The number of nitro groups is 1. The molecule has 0 spiro atoms. The van der Waals surface area contributed by atoms with E-state index in [1.165, 1.54) is 25.1 Å². The number of unbranched alkanes of at least 4 members (excludes halogenated alkanes) is 2. The molecule has 0 saturated heterocycles. The molecule has 180 valence electrons. The number of fused-ring (bicyclic) bond motifs is 1. The van der Waals surface area contributed by atoms with E-state index in [1.807, 2.05) is 30.5 Å². The summed E-state index contributed by atoms with van der Waals surface area (Å²) >= 11 is 1.23. The molecular weight excluding hydrogens is 456 g/mol. The van der Waals surface area contributed by atoms with Gasteiger partial charge in [0.2, 0.25) is 5.91 Å². The van der Waals surface area contributed by atoms with Crippen molar-refractivity contribution in [1.82, 2.24) is 15.0 Å². The Morgan fingerprint density at radius 1 is 1.12 bits per heavy atom. The summed E-state index contributed by atoms with van der Waals surface area (Å²) in [7, 11) is 1.31. The fourth-order valence-corrected chi connectivity index (χ4v) is 4.40. The number of hydrogen-bond donors (Lipinski definition) is 3. The maximum Gasteiger partial charge on any atom is 0.328 e. The Morgan fingerprint density at radius 2 is 1.88 bits per heavy atom. The van der Waals surface area contributed by atoms with Gasteiger partial charge in [0.1, 0.15) is 10.9 Å². The standard InChI is InChI=1S/C24H28N4O5S/c1-33-24(30)20(15-17-16-25-19-10-5-4-9-18(17)19)27-23(29)13-3-2-8-14-26-34-22-12-7-6-11-21(22)28(31)32/h4-7,9-12,16,20,25-26H,2-3,8,13-15H2,1H3,(H,27,29)/t20-/m1/s1. The number of benzene rings is 2. The SMILES string of the molecule is COC(=O)[C@@H](Cc1c[nH]c2ccccc12)NC(=O)CCCCCNSc1ccccc1[N+](=O)[O-]. The van der Waals surface area contributed by atoms with Crippen LogP contribution in [0.25, 0.3) is 10.9 Å². The number of hydrogen-bond acceptors (Lipinski definition) is 7. The Morgan fingerprint density at radius 3 is 2.68 bits per heavy atom. The lowest BCUT2D eigenvalue weighted by Gasteiger charge is -2.16. The molecule has 9 nitrogen and oxygen atoms in total. The molecule has 0 aliphatic carbocycles. The van der Waals surface area contributed by atoms with Crippen molar-refractivity contribution in [3.8, 4) is 0 Å². The molecule has 1 aromatic heterocycles. The quantitative estimate of drug-likeness (QED) is 0.109. The number of para-hydroxylation sites is 2. The fraction of sp³-hybridized carbons (Fsp3) is 0.333. The van der Waals surface area contributed by atoms with Crippen LogP contribution in [0.5, 0.6) is 0 Å². The van der Waals surface area contributed by atoms with Crippen molar-refractivity contribution in [2.24, 2.45) is 0 Å². The minimum absolute atomic E-state index is 0.0736. The van der Waals surface area contributed by atoms with Crippen molar-refractivity contribution in [2.75, 3.05) is 13.7 Å². The van der Waals surface area contributed by atoms with Gasteiger partial charge in [0.05, 0.1) is 12.0 Å². The van der Waals surface area contributed by atoms with Crippen LogP contribution >= 0.6 is 11.9 Å². The number of aromatic nitrogens is 1. The molecule has 0 bridgehead atoms. The first-order valence-corrected chi connectivity index (χ1v) is 11.9. The third kappa shape index (κ3) is 7.06. The molecule has 0 aliphatic rings. The van der Waals surface area contributed by atoms with Crippen LogP contribution in [0.1, 0.15) is 31.2 Å². The van der Waals surface area contributed by atoms with E-state index in [2.05, 4.69) is 15.0 Å². The van der Waals surface area contributed by atoms with Crippen LogP contribution in [0.15, 0.2) is 59.6 Å². The van der Waals surface area contributed by atoms with Gasteiger partial charge in [-0.05, 0) is 42.5 Å². The number of nitro benzene ring substituents is 1. The first-order chi connectivity index (χ1) is 16.5. The van der Waals surface area contributed by atoms with Gasteiger partial charge in [-0.25, -0.2) is 4.79 Å². The number of H-pyrrole nitrogens is 1. The molecule has 3 rings (SSSR count). The average molecular weight is 485 g/mol. The predicted molar refractivity (Wildman–Crippen MR) is 131 cm³/mol. The summed E-state index contributed by atoms with van der Waals surface area (Å²) in [6, 6.07) is 13.6. The molecule has 0 saturated carbocycles. The van der Waals surface area contributed by atoms with Crippen LogP contribution in [0.2, 0.25) is 0 Å². The molecule has 3 aromatic rings. The molecule has 2 aromatic carbocycles. The second kappa shape index (κ2) is 12.8. The summed E-state index contributed by atoms with van der Waals surface area (Å²) in [6.45, 7) is 0.656. The third-order valence-corrected chi connectivity index (χ3v) is 6.26. The third-order valence-electron chi connectivity index (χ3n) is 5.35. The monoisotopic (exact) mass is 484 g/mol. The summed E-state index contributed by atoms with van der Waals surface area (Å²) in [6.07, 6.45) is 4.79. The summed E-state index contributed by atoms with van der Waals surface area (Å²) in [5, 5.41) is 14.9. The Bertz CT molecular complexity index is 1130. The molecule has 1 heterocycles. The fourth-order valence-electron chi connectivity index (χ4n) is 3.61. The average Bonchev–Trinajstić information content (AvgIpc) is 3.25. The lowest BCUT2D eigenvalue weighted by molar-refractivity contribution is -0.387. The van der Waals surface area contributed by atoms with Gasteiger partial charge in [-0.3, -0.25) is 19.6 Å². The van der Waals surface area contributed by atoms with Gasteiger partial charge in [-0.15, -0.1) is 0 Å². The number of nitrogens with zero attached hydrogens (tertiary/aromatic N) is 1. The van der Waals surface area contributed by atoms with E-state index in [9.17, 15) is 19.7 Å². The topological polar surface area (TPSA) is 126 Å². The number of ether oxygens (including phenoxy) is 1. The normalized spacial score (nSPS) is 11.8. The zero-order valence-corrected chi connectivity index (χ0v) is 19.7. The number of esters is 1. The second-order valence-electron chi connectivity index (χ2n) is 7.74. The number of methoxy groups -OCH3 is 1. The van der Waals surface area contributed by atoms with E-state index in [-0.39, 0.29) is 11.6 Å². The molecule has 0 fully saturated rings. The number of carbonyl (C=O) groups is 2. The van der Waals surface area contributed by atoms with E-state index in [1.54, 1.807) is 18.2 Å². The van der Waals surface area contributed by atoms with Gasteiger partial charge in [0.25, 0.3) is 5.69 Å². The minimum atomic E-state index is -0.753. The van der Waals surface area contributed by atoms with E-state index >= 15 is 0 Å². The van der Waals surface area contributed by atoms with E-state index in [4.69, 9.17) is 4.74 Å². The van der Waals surface area contributed by atoms with Crippen LogP contribution in [-0.2, 0) is 20.7 Å². The van der Waals surface area contributed by atoms with Crippen LogP contribution in [0, 0.1) is 10.1 Å². The minimum Gasteiger partial charge on any atom is -0.467 e. The van der Waals surface area contributed by atoms with E-state index < -0.39 is 16.9 Å². The highest BCUT2D eigenvalue weighted by atomic mass is 32.2. The molecule has 0 radical (unpaired) electrons. The highest BCUT2D eigenvalue weighted by Gasteiger charge is 2.23. The number of aromatic amines is 1. The van der Waals surface area contributed by atoms with Crippen LogP contribution in [0.4, 0.5) is 5.69 Å². The number of amides is 1. The van der Waals surface area contributed by atoms with Gasteiger partial charge in [-0.2, -0.15) is 0 Å². The first-order valence-electron chi connectivity index (χ1n) is 11.0. The lowest BCUT2D eigenvalue weighted by Crippen LogP contribution is -2.43. The predicted octanol–water partition coefficient (Wildman–Crippen LogP) is 4.13. The molecule has 10 heteroatoms. The lowest BCUT2D eigenvalue weighted by atomic mass is 10.0. The Balaban J connectivity index is 1.39. The highest BCUT2D eigenvalue weighted by Crippen LogP contribution is 2.26. The van der Waals surface area contributed by atoms with Crippen molar-refractivity contribution in [1.29, 1.82) is 0 Å². The van der Waals surface area contributed by atoms with Gasteiger partial charge in [-0.1, -0.05) is 36.8 Å². The summed E-state index contributed by atoms with van der Waals surface area (Å²) in [4.78, 5) is 39.1. The van der Waals surface area contributed by atoms with Gasteiger partial charge < -0.3 is 15.0 Å². The van der Waals surface area contributed by atoms with Crippen molar-refractivity contribution < 1.29 is 19.2 Å². The second-order valence-corrected chi connectivity index (χ2v) is 8.67. The van der Waals surface area contributed by atoms with Crippen molar-refractivity contribution >= 4 is 40.4 Å². The summed E-state index contributed by atoms with van der Waals surface area (Å²) < 4.78 is 8.01. The molecule has 0 unspecified atom stereocenters. The maximum atomic E-state index is 12.4. The van der Waals surface area contributed by atoms with Crippen molar-refractivity contribution in [3.63, 3.8) is 0 Å². The van der Waals surface area contributed by atoms with Crippen LogP contribution in [-0.4, -0.2) is 41.5 Å². The molecular formula is C24H28N4O5S. The van der Waals surface area contributed by atoms with E-state index in [0.29, 0.717) is 30.7 Å². The first kappa shape index (κ1) is 25.3. The molecule has 3 N–H and O–H groups in total. The van der Waals surface area contributed by atoms with Gasteiger partial charge in [0, 0.05) is 42.6 Å². The Kier molecular flexibility index (Phi) is 9.48. The van der Waals surface area contributed by atoms with Crippen LogP contribution in [0.3, 0.4) is 0 Å². The van der Waals surface area contributed by atoms with Gasteiger partial charge >= 0.3 is 5.97 Å². The molecule has 1 amide bonds. The molecule has 0 aliphatic heterocycles. The Hall–Kier alpha value is -3.37. The molecule has 1 atom stereocenters. The van der Waals surface area contributed by atoms with Crippen molar-refractivity contribution in [3.05, 3.63) is 70.4 Å².